The lowest BCUT2D eigenvalue weighted by Gasteiger charge is -2.03. The zero-order valence-electron chi connectivity index (χ0n) is 8.26. The van der Waals surface area contributed by atoms with Crippen molar-refractivity contribution < 1.29 is 4.79 Å². The topological polar surface area (TPSA) is 80.7 Å². The first-order valence-electron chi connectivity index (χ1n) is 4.43. The third-order valence-corrected chi connectivity index (χ3v) is 2.12. The number of amides is 1. The molecule has 0 aromatic carbocycles. The number of pyridine rings is 1. The average molecular weight is 270 g/mol. The van der Waals surface area contributed by atoms with Crippen LogP contribution in [0.1, 0.15) is 10.4 Å². The highest BCUT2D eigenvalue weighted by molar-refractivity contribution is 6.33. The molecular formula is C9H5Cl2N5O. The van der Waals surface area contributed by atoms with E-state index in [0.717, 1.165) is 0 Å². The van der Waals surface area contributed by atoms with Gasteiger partial charge in [0.05, 0.1) is 12.4 Å². The van der Waals surface area contributed by atoms with Crippen LogP contribution in [-0.2, 0) is 0 Å². The molecule has 17 heavy (non-hydrogen) atoms. The van der Waals surface area contributed by atoms with Gasteiger partial charge in [0.2, 0.25) is 5.95 Å². The highest BCUT2D eigenvalue weighted by Gasteiger charge is 2.10. The summed E-state index contributed by atoms with van der Waals surface area (Å²) in [4.78, 5) is 19.3. The van der Waals surface area contributed by atoms with Crippen molar-refractivity contribution in [2.75, 3.05) is 5.32 Å². The van der Waals surface area contributed by atoms with Crippen LogP contribution in [0.3, 0.4) is 0 Å². The van der Waals surface area contributed by atoms with Crippen molar-refractivity contribution in [1.82, 2.24) is 20.2 Å². The molecule has 1 N–H and O–H groups in total. The van der Waals surface area contributed by atoms with Gasteiger partial charge in [-0.15, -0.1) is 5.10 Å². The number of hydrogen-bond donors (Lipinski definition) is 1. The van der Waals surface area contributed by atoms with Crippen LogP contribution in [0.25, 0.3) is 0 Å². The Balaban J connectivity index is 2.20. The minimum Gasteiger partial charge on any atom is -0.289 e. The molecule has 0 spiro atoms. The molecule has 0 saturated carbocycles. The highest BCUT2D eigenvalue weighted by atomic mass is 35.5. The Labute approximate surface area is 106 Å². The fourth-order valence-electron chi connectivity index (χ4n) is 1.07. The zero-order chi connectivity index (χ0) is 12.3. The van der Waals surface area contributed by atoms with Gasteiger partial charge in [0.15, 0.2) is 0 Å². The molecule has 86 valence electrons. The normalized spacial score (nSPS) is 10.0. The summed E-state index contributed by atoms with van der Waals surface area (Å²) in [6.45, 7) is 0. The number of rotatable bonds is 2. The standard InChI is InChI=1S/C9H5Cl2N5O/c10-6-3-5(4-7(11)14-6)8(17)15-9-12-1-2-13-16-9/h1-4H,(H,12,15,16,17). The Morgan fingerprint density at radius 1 is 1.18 bits per heavy atom. The van der Waals surface area contributed by atoms with Gasteiger partial charge in [-0.25, -0.2) is 9.97 Å². The summed E-state index contributed by atoms with van der Waals surface area (Å²) < 4.78 is 0. The molecule has 0 aliphatic rings. The van der Waals surface area contributed by atoms with E-state index in [9.17, 15) is 4.79 Å². The maximum atomic E-state index is 11.8. The summed E-state index contributed by atoms with van der Waals surface area (Å²) in [7, 11) is 0. The smallest absolute Gasteiger partial charge is 0.258 e. The number of nitrogens with one attached hydrogen (secondary N) is 1. The van der Waals surface area contributed by atoms with Gasteiger partial charge in [-0.05, 0) is 12.1 Å². The first-order valence-corrected chi connectivity index (χ1v) is 5.19. The van der Waals surface area contributed by atoms with Crippen LogP contribution in [0.5, 0.6) is 0 Å². The van der Waals surface area contributed by atoms with Gasteiger partial charge in [0, 0.05) is 5.56 Å². The molecule has 0 saturated heterocycles. The average Bonchev–Trinajstić information content (AvgIpc) is 2.29. The predicted octanol–water partition coefficient (Wildman–Crippen LogP) is 1.83. The summed E-state index contributed by atoms with van der Waals surface area (Å²) in [6.07, 6.45) is 2.81. The minimum atomic E-state index is -0.441. The van der Waals surface area contributed by atoms with Crippen LogP contribution in [0.15, 0.2) is 24.5 Å². The van der Waals surface area contributed by atoms with Gasteiger partial charge in [-0.2, -0.15) is 5.10 Å². The molecule has 8 heteroatoms. The summed E-state index contributed by atoms with van der Waals surface area (Å²) >= 11 is 11.4. The number of carbonyl (C=O) groups is 1. The maximum absolute atomic E-state index is 11.8. The van der Waals surface area contributed by atoms with E-state index < -0.39 is 5.91 Å². The molecule has 2 aromatic heterocycles. The van der Waals surface area contributed by atoms with Crippen LogP contribution in [-0.4, -0.2) is 26.1 Å². The lowest BCUT2D eigenvalue weighted by atomic mass is 10.2. The van der Waals surface area contributed by atoms with E-state index in [2.05, 4.69) is 25.5 Å². The lowest BCUT2D eigenvalue weighted by Crippen LogP contribution is -2.14. The van der Waals surface area contributed by atoms with Crippen LogP contribution in [0, 0.1) is 0 Å². The van der Waals surface area contributed by atoms with Gasteiger partial charge in [-0.1, -0.05) is 23.2 Å². The predicted molar refractivity (Wildman–Crippen MR) is 62.0 cm³/mol. The number of hydrogen-bond acceptors (Lipinski definition) is 5. The number of aromatic nitrogens is 4. The molecule has 0 unspecified atom stereocenters. The third-order valence-electron chi connectivity index (χ3n) is 1.73. The molecule has 0 aliphatic carbocycles. The molecule has 1 amide bonds. The quantitative estimate of drug-likeness (QED) is 0.842. The first kappa shape index (κ1) is 11.7. The van der Waals surface area contributed by atoms with Gasteiger partial charge < -0.3 is 0 Å². The number of nitrogens with zero attached hydrogens (tertiary/aromatic N) is 4. The number of carbonyl (C=O) groups excluding carboxylic acids is 1. The second kappa shape index (κ2) is 5.03. The Hall–Kier alpha value is -1.79. The molecule has 0 bridgehead atoms. The van der Waals surface area contributed by atoms with E-state index in [-0.39, 0.29) is 21.8 Å². The lowest BCUT2D eigenvalue weighted by molar-refractivity contribution is 0.102. The van der Waals surface area contributed by atoms with Crippen molar-refractivity contribution in [3.8, 4) is 0 Å². The number of anilines is 1. The summed E-state index contributed by atoms with van der Waals surface area (Å²) in [5.41, 5.74) is 0.266. The van der Waals surface area contributed by atoms with Crippen molar-refractivity contribution in [3.05, 3.63) is 40.4 Å². The third kappa shape index (κ3) is 3.08. The Morgan fingerprint density at radius 2 is 1.88 bits per heavy atom. The maximum Gasteiger partial charge on any atom is 0.258 e. The Morgan fingerprint density at radius 3 is 2.47 bits per heavy atom. The molecule has 2 rings (SSSR count). The van der Waals surface area contributed by atoms with Crippen molar-refractivity contribution in [2.24, 2.45) is 0 Å². The Kier molecular flexibility index (Phi) is 3.46. The molecule has 0 radical (unpaired) electrons. The molecule has 2 heterocycles. The molecule has 0 atom stereocenters. The van der Waals surface area contributed by atoms with E-state index in [1.807, 2.05) is 0 Å². The van der Waals surface area contributed by atoms with Crippen molar-refractivity contribution >= 4 is 35.1 Å². The molecule has 6 nitrogen and oxygen atoms in total. The zero-order valence-corrected chi connectivity index (χ0v) is 9.77. The van der Waals surface area contributed by atoms with Gasteiger partial charge in [0.1, 0.15) is 10.3 Å². The first-order chi connectivity index (χ1) is 8.15. The monoisotopic (exact) mass is 269 g/mol. The van der Waals surface area contributed by atoms with Gasteiger partial charge in [-0.3, -0.25) is 10.1 Å². The van der Waals surface area contributed by atoms with E-state index in [4.69, 9.17) is 23.2 Å². The van der Waals surface area contributed by atoms with Crippen LogP contribution in [0.2, 0.25) is 10.3 Å². The van der Waals surface area contributed by atoms with E-state index in [0.29, 0.717) is 0 Å². The summed E-state index contributed by atoms with van der Waals surface area (Å²) in [5, 5.41) is 9.90. The molecule has 0 fully saturated rings. The van der Waals surface area contributed by atoms with Crippen molar-refractivity contribution in [1.29, 1.82) is 0 Å². The van der Waals surface area contributed by atoms with Crippen LogP contribution in [0.4, 0.5) is 5.95 Å². The van der Waals surface area contributed by atoms with Crippen LogP contribution < -0.4 is 5.32 Å². The fourth-order valence-corrected chi connectivity index (χ4v) is 1.54. The van der Waals surface area contributed by atoms with Crippen molar-refractivity contribution in [3.63, 3.8) is 0 Å². The molecular weight excluding hydrogens is 265 g/mol. The van der Waals surface area contributed by atoms with E-state index >= 15 is 0 Å². The number of halogens is 2. The second-order valence-electron chi connectivity index (χ2n) is 2.92. The largest absolute Gasteiger partial charge is 0.289 e. The fraction of sp³-hybridized carbons (Fsp3) is 0. The highest BCUT2D eigenvalue weighted by Crippen LogP contribution is 2.15. The Bertz CT molecular complexity index is 528. The van der Waals surface area contributed by atoms with Crippen LogP contribution >= 0.6 is 23.2 Å². The second-order valence-corrected chi connectivity index (χ2v) is 3.70. The molecule has 2 aromatic rings. The summed E-state index contributed by atoms with van der Waals surface area (Å²) in [6, 6.07) is 2.78. The minimum absolute atomic E-state index is 0.0987. The van der Waals surface area contributed by atoms with Gasteiger partial charge in [0.25, 0.3) is 5.91 Å². The molecule has 0 aliphatic heterocycles. The van der Waals surface area contributed by atoms with E-state index in [1.54, 1.807) is 0 Å². The van der Waals surface area contributed by atoms with Gasteiger partial charge >= 0.3 is 0 Å². The SMILES string of the molecule is O=C(Nc1nccnn1)c1cc(Cl)nc(Cl)c1. The van der Waals surface area contributed by atoms with E-state index in [1.165, 1.54) is 24.5 Å². The summed E-state index contributed by atoms with van der Waals surface area (Å²) in [5.74, 6) is -0.342. The van der Waals surface area contributed by atoms with Crippen molar-refractivity contribution in [2.45, 2.75) is 0 Å².